The van der Waals surface area contributed by atoms with Crippen LogP contribution in [-0.2, 0) is 6.42 Å². The van der Waals surface area contributed by atoms with Gasteiger partial charge in [0, 0.05) is 20.1 Å². The minimum Gasteiger partial charge on any atom is -0.493 e. The van der Waals surface area contributed by atoms with Crippen LogP contribution in [0.2, 0.25) is 0 Å². The van der Waals surface area contributed by atoms with Crippen molar-refractivity contribution in [2.45, 2.75) is 32.4 Å². The number of benzene rings is 1. The molecular formula is C20H33F3N4O2. The SMILES string of the molecule is CCOc1cc(CCCNC(=NC)NCCCN(C)CC(F)(F)F)ccc1OC. The van der Waals surface area contributed by atoms with Crippen LogP contribution in [0.25, 0.3) is 0 Å². The van der Waals surface area contributed by atoms with E-state index in [2.05, 4.69) is 15.6 Å². The quantitative estimate of drug-likeness (QED) is 0.310. The van der Waals surface area contributed by atoms with E-state index in [9.17, 15) is 13.2 Å². The highest BCUT2D eigenvalue weighted by atomic mass is 19.4. The molecule has 0 saturated heterocycles. The predicted octanol–water partition coefficient (Wildman–Crippen LogP) is 3.08. The van der Waals surface area contributed by atoms with Crippen LogP contribution in [0.15, 0.2) is 23.2 Å². The number of halogens is 3. The van der Waals surface area contributed by atoms with E-state index in [0.29, 0.717) is 32.1 Å². The number of methoxy groups -OCH3 is 1. The number of nitrogens with zero attached hydrogens (tertiary/aromatic N) is 2. The second-order valence-electron chi connectivity index (χ2n) is 6.65. The van der Waals surface area contributed by atoms with Crippen molar-refractivity contribution in [1.29, 1.82) is 0 Å². The lowest BCUT2D eigenvalue weighted by Gasteiger charge is -2.19. The zero-order valence-electron chi connectivity index (χ0n) is 17.7. The Morgan fingerprint density at radius 1 is 1.14 bits per heavy atom. The molecule has 0 aliphatic heterocycles. The van der Waals surface area contributed by atoms with Crippen molar-refractivity contribution in [1.82, 2.24) is 15.5 Å². The summed E-state index contributed by atoms with van der Waals surface area (Å²) in [6, 6.07) is 5.92. The number of ether oxygens (including phenoxy) is 2. The molecule has 0 saturated carbocycles. The minimum atomic E-state index is -4.16. The third-order valence-electron chi connectivity index (χ3n) is 4.14. The van der Waals surface area contributed by atoms with Crippen molar-refractivity contribution >= 4 is 5.96 Å². The molecule has 166 valence electrons. The molecule has 1 rings (SSSR count). The number of hydrogen-bond acceptors (Lipinski definition) is 4. The molecule has 1 aromatic carbocycles. The number of nitrogens with one attached hydrogen (secondary N) is 2. The minimum absolute atomic E-state index is 0.364. The van der Waals surface area contributed by atoms with Crippen LogP contribution >= 0.6 is 0 Å². The van der Waals surface area contributed by atoms with Gasteiger partial charge in [-0.3, -0.25) is 9.89 Å². The molecule has 0 unspecified atom stereocenters. The molecule has 2 N–H and O–H groups in total. The second kappa shape index (κ2) is 13.1. The van der Waals surface area contributed by atoms with Gasteiger partial charge in [-0.05, 0) is 57.5 Å². The Hall–Kier alpha value is -2.16. The monoisotopic (exact) mass is 418 g/mol. The van der Waals surface area contributed by atoms with E-state index < -0.39 is 12.7 Å². The van der Waals surface area contributed by atoms with Crippen LogP contribution in [0, 0.1) is 0 Å². The number of rotatable bonds is 12. The van der Waals surface area contributed by atoms with E-state index in [4.69, 9.17) is 9.47 Å². The molecule has 0 atom stereocenters. The highest BCUT2D eigenvalue weighted by molar-refractivity contribution is 5.79. The van der Waals surface area contributed by atoms with Gasteiger partial charge in [-0.25, -0.2) is 0 Å². The molecule has 29 heavy (non-hydrogen) atoms. The first-order valence-electron chi connectivity index (χ1n) is 9.78. The molecule has 0 amide bonds. The highest BCUT2D eigenvalue weighted by Gasteiger charge is 2.28. The molecular weight excluding hydrogens is 385 g/mol. The maximum Gasteiger partial charge on any atom is 0.401 e. The summed E-state index contributed by atoms with van der Waals surface area (Å²) in [7, 11) is 4.76. The highest BCUT2D eigenvalue weighted by Crippen LogP contribution is 2.28. The lowest BCUT2D eigenvalue weighted by Crippen LogP contribution is -2.39. The maximum absolute atomic E-state index is 12.3. The van der Waals surface area contributed by atoms with Crippen LogP contribution in [0.5, 0.6) is 11.5 Å². The van der Waals surface area contributed by atoms with Crippen LogP contribution in [0.1, 0.15) is 25.3 Å². The Morgan fingerprint density at radius 3 is 2.41 bits per heavy atom. The molecule has 0 radical (unpaired) electrons. The van der Waals surface area contributed by atoms with Crippen molar-refractivity contribution in [3.63, 3.8) is 0 Å². The van der Waals surface area contributed by atoms with Gasteiger partial charge in [-0.2, -0.15) is 13.2 Å². The van der Waals surface area contributed by atoms with E-state index in [-0.39, 0.29) is 0 Å². The number of guanidine groups is 1. The summed E-state index contributed by atoms with van der Waals surface area (Å²) in [6.07, 6.45) is -1.80. The lowest BCUT2D eigenvalue weighted by atomic mass is 10.1. The molecule has 0 bridgehead atoms. The molecule has 0 aliphatic carbocycles. The fraction of sp³-hybridized carbons (Fsp3) is 0.650. The van der Waals surface area contributed by atoms with E-state index in [0.717, 1.165) is 36.4 Å². The predicted molar refractivity (Wildman–Crippen MR) is 110 cm³/mol. The molecule has 0 heterocycles. The van der Waals surface area contributed by atoms with Gasteiger partial charge in [0.1, 0.15) is 0 Å². The third kappa shape index (κ3) is 10.8. The van der Waals surface area contributed by atoms with Crippen LogP contribution in [-0.4, -0.2) is 71.0 Å². The molecule has 6 nitrogen and oxygen atoms in total. The fourth-order valence-electron chi connectivity index (χ4n) is 2.81. The molecule has 0 aromatic heterocycles. The molecule has 9 heteroatoms. The lowest BCUT2D eigenvalue weighted by molar-refractivity contribution is -0.143. The zero-order valence-corrected chi connectivity index (χ0v) is 17.7. The molecule has 1 aromatic rings. The number of alkyl halides is 3. The summed E-state index contributed by atoms with van der Waals surface area (Å²) >= 11 is 0. The third-order valence-corrected chi connectivity index (χ3v) is 4.14. The van der Waals surface area contributed by atoms with E-state index in [1.165, 1.54) is 11.9 Å². The summed E-state index contributed by atoms with van der Waals surface area (Å²) in [5.41, 5.74) is 1.16. The topological polar surface area (TPSA) is 58.1 Å². The molecule has 0 aliphatic rings. The van der Waals surface area contributed by atoms with Crippen molar-refractivity contribution in [2.75, 3.05) is 54.0 Å². The smallest absolute Gasteiger partial charge is 0.401 e. The average molecular weight is 419 g/mol. The normalized spacial score (nSPS) is 12.2. The van der Waals surface area contributed by atoms with E-state index in [1.807, 2.05) is 25.1 Å². The standard InChI is InChI=1S/C20H33F3N4O2/c1-5-29-18-14-16(9-10-17(18)28-4)8-6-11-25-19(24-2)26-12-7-13-27(3)15-20(21,22)23/h9-10,14H,5-8,11-13,15H2,1-4H3,(H2,24,25,26). The number of aryl methyl sites for hydroxylation is 1. The van der Waals surface area contributed by atoms with Gasteiger partial charge < -0.3 is 20.1 Å². The Balaban J connectivity index is 2.28. The molecule has 0 fully saturated rings. The summed E-state index contributed by atoms with van der Waals surface area (Å²) < 4.78 is 47.8. The molecule has 0 spiro atoms. The average Bonchev–Trinajstić information content (AvgIpc) is 2.65. The van der Waals surface area contributed by atoms with Crippen LogP contribution in [0.3, 0.4) is 0 Å². The maximum atomic E-state index is 12.3. The first-order chi connectivity index (χ1) is 13.8. The van der Waals surface area contributed by atoms with Gasteiger partial charge in [0.2, 0.25) is 0 Å². The largest absolute Gasteiger partial charge is 0.493 e. The Labute approximate surface area is 171 Å². The number of aliphatic imine (C=N–C) groups is 1. The summed E-state index contributed by atoms with van der Waals surface area (Å²) in [4.78, 5) is 5.40. The second-order valence-corrected chi connectivity index (χ2v) is 6.65. The van der Waals surface area contributed by atoms with Crippen LogP contribution in [0.4, 0.5) is 13.2 Å². The van der Waals surface area contributed by atoms with Crippen molar-refractivity contribution in [3.8, 4) is 11.5 Å². The van der Waals surface area contributed by atoms with Crippen molar-refractivity contribution in [3.05, 3.63) is 23.8 Å². The van der Waals surface area contributed by atoms with Gasteiger partial charge in [0.15, 0.2) is 17.5 Å². The summed E-state index contributed by atoms with van der Waals surface area (Å²) in [6.45, 7) is 3.26. The van der Waals surface area contributed by atoms with Crippen molar-refractivity contribution in [2.24, 2.45) is 4.99 Å². The Bertz CT molecular complexity index is 624. The zero-order chi connectivity index (χ0) is 21.7. The first kappa shape index (κ1) is 24.9. The van der Waals surface area contributed by atoms with Gasteiger partial charge in [0.05, 0.1) is 20.3 Å². The van der Waals surface area contributed by atoms with Crippen LogP contribution < -0.4 is 20.1 Å². The van der Waals surface area contributed by atoms with Gasteiger partial charge in [-0.1, -0.05) is 6.07 Å². The first-order valence-corrected chi connectivity index (χ1v) is 9.78. The fourth-order valence-corrected chi connectivity index (χ4v) is 2.81. The Morgan fingerprint density at radius 2 is 1.83 bits per heavy atom. The summed E-state index contributed by atoms with van der Waals surface area (Å²) in [5.74, 6) is 2.11. The van der Waals surface area contributed by atoms with Crippen molar-refractivity contribution < 1.29 is 22.6 Å². The van der Waals surface area contributed by atoms with E-state index >= 15 is 0 Å². The van der Waals surface area contributed by atoms with Gasteiger partial charge in [0.25, 0.3) is 0 Å². The number of hydrogen-bond donors (Lipinski definition) is 2. The summed E-state index contributed by atoms with van der Waals surface area (Å²) in [5, 5.41) is 6.34. The van der Waals surface area contributed by atoms with Gasteiger partial charge in [-0.15, -0.1) is 0 Å². The Kier molecular flexibility index (Phi) is 11.3. The van der Waals surface area contributed by atoms with Gasteiger partial charge >= 0.3 is 6.18 Å². The van der Waals surface area contributed by atoms with E-state index in [1.54, 1.807) is 14.2 Å².